The van der Waals surface area contributed by atoms with E-state index in [0.717, 1.165) is 11.1 Å². The minimum absolute atomic E-state index is 0.110. The largest absolute Gasteiger partial charge is 0.333 e. The number of aromatic amines is 1. The lowest BCUT2D eigenvalue weighted by molar-refractivity contribution is 0.431. The number of aromatic nitrogens is 4. The summed E-state index contributed by atoms with van der Waals surface area (Å²) in [7, 11) is 0. The Morgan fingerprint density at radius 3 is 2.44 bits per heavy atom. The van der Waals surface area contributed by atoms with Gasteiger partial charge in [0.15, 0.2) is 0 Å². The molecule has 6 nitrogen and oxygen atoms in total. The monoisotopic (exact) mass is 350 g/mol. The average Bonchev–Trinajstić information content (AvgIpc) is 3.13. The van der Waals surface area contributed by atoms with Gasteiger partial charge in [-0.25, -0.2) is 4.98 Å². The minimum atomic E-state index is -0.347. The van der Waals surface area contributed by atoms with Crippen LogP contribution in [0.5, 0.6) is 0 Å². The van der Waals surface area contributed by atoms with Gasteiger partial charge in [0.25, 0.3) is 11.4 Å². The molecule has 7 heteroatoms. The van der Waals surface area contributed by atoms with Crippen molar-refractivity contribution in [3.8, 4) is 34.2 Å². The van der Waals surface area contributed by atoms with Crippen LogP contribution in [0.1, 0.15) is 0 Å². The highest BCUT2D eigenvalue weighted by molar-refractivity contribution is 6.30. The molecule has 25 heavy (non-hydrogen) atoms. The SMILES string of the molecule is O=c1[nH]c(-c2ccccc2)ncc1-c1nc(-c2ccc(Cl)cc2)no1. The van der Waals surface area contributed by atoms with Gasteiger partial charge >= 0.3 is 0 Å². The first-order chi connectivity index (χ1) is 12.2. The average molecular weight is 351 g/mol. The van der Waals surface area contributed by atoms with Crippen molar-refractivity contribution in [3.63, 3.8) is 0 Å². The third-order valence-electron chi connectivity index (χ3n) is 3.61. The van der Waals surface area contributed by atoms with Crippen molar-refractivity contribution in [2.45, 2.75) is 0 Å². The van der Waals surface area contributed by atoms with E-state index in [1.165, 1.54) is 6.20 Å². The zero-order valence-corrected chi connectivity index (χ0v) is 13.6. The molecule has 0 unspecified atom stereocenters. The summed E-state index contributed by atoms with van der Waals surface area (Å²) in [5, 5.41) is 4.52. The first kappa shape index (κ1) is 15.3. The summed E-state index contributed by atoms with van der Waals surface area (Å²) in [5.74, 6) is 0.961. The molecular formula is C18H11ClN4O2. The topological polar surface area (TPSA) is 84.7 Å². The molecule has 4 aromatic rings. The summed E-state index contributed by atoms with van der Waals surface area (Å²) >= 11 is 5.87. The summed E-state index contributed by atoms with van der Waals surface area (Å²) in [6.45, 7) is 0. The Balaban J connectivity index is 1.69. The third kappa shape index (κ3) is 3.07. The van der Waals surface area contributed by atoms with E-state index in [1.807, 2.05) is 30.3 Å². The number of benzene rings is 2. The Kier molecular flexibility index (Phi) is 3.87. The summed E-state index contributed by atoms with van der Waals surface area (Å²) in [6, 6.07) is 16.4. The van der Waals surface area contributed by atoms with Crippen molar-refractivity contribution >= 4 is 11.6 Å². The first-order valence-electron chi connectivity index (χ1n) is 7.45. The Morgan fingerprint density at radius 2 is 1.72 bits per heavy atom. The Morgan fingerprint density at radius 1 is 0.960 bits per heavy atom. The minimum Gasteiger partial charge on any atom is -0.333 e. The molecule has 0 radical (unpaired) electrons. The van der Waals surface area contributed by atoms with Gasteiger partial charge in [0, 0.05) is 22.3 Å². The molecule has 2 heterocycles. The van der Waals surface area contributed by atoms with Crippen molar-refractivity contribution < 1.29 is 4.52 Å². The number of nitrogens with one attached hydrogen (secondary N) is 1. The zero-order valence-electron chi connectivity index (χ0n) is 12.8. The van der Waals surface area contributed by atoms with Gasteiger partial charge in [0.05, 0.1) is 0 Å². The fraction of sp³-hybridized carbons (Fsp3) is 0. The molecule has 0 aliphatic heterocycles. The van der Waals surface area contributed by atoms with Gasteiger partial charge in [-0.05, 0) is 24.3 Å². The molecule has 2 aromatic carbocycles. The van der Waals surface area contributed by atoms with Crippen LogP contribution >= 0.6 is 11.6 Å². The highest BCUT2D eigenvalue weighted by Crippen LogP contribution is 2.22. The van der Waals surface area contributed by atoms with Crippen LogP contribution in [-0.4, -0.2) is 20.1 Å². The lowest BCUT2D eigenvalue weighted by Gasteiger charge is -2.00. The third-order valence-corrected chi connectivity index (χ3v) is 3.86. The van der Waals surface area contributed by atoms with Gasteiger partial charge in [-0.15, -0.1) is 0 Å². The van der Waals surface area contributed by atoms with Crippen LogP contribution in [0.15, 0.2) is 70.1 Å². The first-order valence-corrected chi connectivity index (χ1v) is 7.83. The smallest absolute Gasteiger partial charge is 0.265 e. The molecule has 0 atom stereocenters. The van der Waals surface area contributed by atoms with Gasteiger partial charge in [0.2, 0.25) is 5.82 Å². The summed E-state index contributed by atoms with van der Waals surface area (Å²) < 4.78 is 5.21. The highest BCUT2D eigenvalue weighted by Gasteiger charge is 2.15. The standard InChI is InChI=1S/C18H11ClN4O2/c19-13-8-6-12(7-9-13)16-22-18(25-23-16)14-10-20-15(21-17(14)24)11-4-2-1-3-5-11/h1-10H,(H,20,21,24). The van der Waals surface area contributed by atoms with E-state index in [2.05, 4.69) is 20.1 Å². The Hall–Kier alpha value is -3.25. The Bertz CT molecular complexity index is 1070. The second kappa shape index (κ2) is 6.33. The van der Waals surface area contributed by atoms with Crippen LogP contribution < -0.4 is 5.56 Å². The van der Waals surface area contributed by atoms with Crippen molar-refractivity contribution in [2.24, 2.45) is 0 Å². The maximum Gasteiger partial charge on any atom is 0.265 e. The van der Waals surface area contributed by atoms with E-state index in [4.69, 9.17) is 16.1 Å². The second-order valence-electron chi connectivity index (χ2n) is 5.27. The van der Waals surface area contributed by atoms with E-state index in [9.17, 15) is 4.79 Å². The van der Waals surface area contributed by atoms with Crippen LogP contribution in [0.25, 0.3) is 34.2 Å². The van der Waals surface area contributed by atoms with Crippen LogP contribution in [0.2, 0.25) is 5.02 Å². The number of H-pyrrole nitrogens is 1. The molecule has 0 saturated heterocycles. The molecule has 1 N–H and O–H groups in total. The van der Waals surface area contributed by atoms with Crippen molar-refractivity contribution in [3.05, 3.63) is 76.2 Å². The molecule has 122 valence electrons. The molecule has 2 aromatic heterocycles. The van der Waals surface area contributed by atoms with E-state index < -0.39 is 0 Å². The maximum absolute atomic E-state index is 12.4. The number of nitrogens with zero attached hydrogens (tertiary/aromatic N) is 3. The number of halogens is 1. The zero-order chi connectivity index (χ0) is 17.2. The molecule has 0 saturated carbocycles. The van der Waals surface area contributed by atoms with Crippen molar-refractivity contribution in [1.82, 2.24) is 20.1 Å². The summed E-state index contributed by atoms with van der Waals surface area (Å²) in [4.78, 5) is 23.6. The Labute approximate surface area is 147 Å². The van der Waals surface area contributed by atoms with Crippen LogP contribution in [0.3, 0.4) is 0 Å². The quantitative estimate of drug-likeness (QED) is 0.607. The van der Waals surface area contributed by atoms with E-state index in [1.54, 1.807) is 24.3 Å². The number of rotatable bonds is 3. The summed E-state index contributed by atoms with van der Waals surface area (Å²) in [5.41, 5.74) is 1.43. The molecule has 0 fully saturated rings. The molecule has 0 spiro atoms. The van der Waals surface area contributed by atoms with E-state index in [-0.39, 0.29) is 17.0 Å². The molecule has 0 aliphatic carbocycles. The predicted molar refractivity (Wildman–Crippen MR) is 94.0 cm³/mol. The molecule has 0 amide bonds. The highest BCUT2D eigenvalue weighted by atomic mass is 35.5. The fourth-order valence-electron chi connectivity index (χ4n) is 2.34. The van der Waals surface area contributed by atoms with Crippen LogP contribution in [-0.2, 0) is 0 Å². The predicted octanol–water partition coefficient (Wildman–Crippen LogP) is 3.81. The molecule has 0 bridgehead atoms. The van der Waals surface area contributed by atoms with Gasteiger partial charge in [-0.1, -0.05) is 47.1 Å². The number of hydrogen-bond donors (Lipinski definition) is 1. The molecule has 0 aliphatic rings. The van der Waals surface area contributed by atoms with E-state index in [0.29, 0.717) is 16.7 Å². The van der Waals surface area contributed by atoms with Gasteiger partial charge in [0.1, 0.15) is 11.4 Å². The van der Waals surface area contributed by atoms with Gasteiger partial charge in [-0.3, -0.25) is 4.79 Å². The summed E-state index contributed by atoms with van der Waals surface area (Å²) in [6.07, 6.45) is 1.43. The number of hydrogen-bond acceptors (Lipinski definition) is 5. The maximum atomic E-state index is 12.4. The van der Waals surface area contributed by atoms with Crippen molar-refractivity contribution in [1.29, 1.82) is 0 Å². The van der Waals surface area contributed by atoms with Crippen LogP contribution in [0, 0.1) is 0 Å². The fourth-order valence-corrected chi connectivity index (χ4v) is 2.47. The lowest BCUT2D eigenvalue weighted by Crippen LogP contribution is -2.11. The van der Waals surface area contributed by atoms with Gasteiger partial charge < -0.3 is 9.51 Å². The van der Waals surface area contributed by atoms with Crippen molar-refractivity contribution in [2.75, 3.05) is 0 Å². The molecule has 4 rings (SSSR count). The second-order valence-corrected chi connectivity index (χ2v) is 5.71. The van der Waals surface area contributed by atoms with Gasteiger partial charge in [-0.2, -0.15) is 4.98 Å². The van der Waals surface area contributed by atoms with Crippen LogP contribution in [0.4, 0.5) is 0 Å². The molecular weight excluding hydrogens is 340 g/mol. The normalized spacial score (nSPS) is 10.8. The van der Waals surface area contributed by atoms with E-state index >= 15 is 0 Å². The lowest BCUT2D eigenvalue weighted by atomic mass is 10.2.